The molecule has 0 bridgehead atoms. The second-order valence-corrected chi connectivity index (χ2v) is 6.15. The van der Waals surface area contributed by atoms with E-state index in [2.05, 4.69) is 29.0 Å². The molecule has 2 rings (SSSR count). The lowest BCUT2D eigenvalue weighted by Gasteiger charge is -2.16. The summed E-state index contributed by atoms with van der Waals surface area (Å²) in [5.41, 5.74) is 0.647. The van der Waals surface area contributed by atoms with Crippen molar-refractivity contribution in [2.75, 3.05) is 11.9 Å². The third-order valence-electron chi connectivity index (χ3n) is 3.12. The highest BCUT2D eigenvalue weighted by molar-refractivity contribution is 7.10. The Labute approximate surface area is 134 Å². The average Bonchev–Trinajstić information content (AvgIpc) is 3.00. The van der Waals surface area contributed by atoms with Gasteiger partial charge in [-0.25, -0.2) is 0 Å². The van der Waals surface area contributed by atoms with Crippen molar-refractivity contribution in [2.24, 2.45) is 0 Å². The molecule has 0 fully saturated rings. The standard InChI is InChI=1S/C16H19ClN2OS/c1-2-6-14(15-9-5-10-21-15)18-11-16(20)19-13-8-4-3-7-12(13)17/h3-5,7-10,14,18H,2,6,11H2,1H3,(H,19,20). The summed E-state index contributed by atoms with van der Waals surface area (Å²) in [5.74, 6) is -0.0826. The number of carbonyl (C=O) groups is 1. The highest BCUT2D eigenvalue weighted by Gasteiger charge is 2.13. The van der Waals surface area contributed by atoms with Gasteiger partial charge in [-0.3, -0.25) is 4.79 Å². The summed E-state index contributed by atoms with van der Waals surface area (Å²) >= 11 is 7.74. The van der Waals surface area contributed by atoms with E-state index in [0.29, 0.717) is 10.7 Å². The van der Waals surface area contributed by atoms with E-state index in [1.54, 1.807) is 23.5 Å². The van der Waals surface area contributed by atoms with E-state index in [9.17, 15) is 4.79 Å². The maximum absolute atomic E-state index is 12.0. The van der Waals surface area contributed by atoms with Crippen molar-refractivity contribution in [1.29, 1.82) is 0 Å². The fourth-order valence-electron chi connectivity index (χ4n) is 2.10. The van der Waals surface area contributed by atoms with Crippen molar-refractivity contribution in [2.45, 2.75) is 25.8 Å². The van der Waals surface area contributed by atoms with Gasteiger partial charge in [-0.05, 0) is 30.0 Å². The number of nitrogens with one attached hydrogen (secondary N) is 2. The van der Waals surface area contributed by atoms with Crippen LogP contribution in [0, 0.1) is 0 Å². The van der Waals surface area contributed by atoms with E-state index in [4.69, 9.17) is 11.6 Å². The molecule has 2 N–H and O–H groups in total. The van der Waals surface area contributed by atoms with E-state index >= 15 is 0 Å². The molecule has 0 saturated heterocycles. The molecule has 1 amide bonds. The van der Waals surface area contributed by atoms with Crippen LogP contribution in [-0.2, 0) is 4.79 Å². The van der Waals surface area contributed by atoms with E-state index in [0.717, 1.165) is 12.8 Å². The summed E-state index contributed by atoms with van der Waals surface area (Å²) in [6, 6.07) is 11.6. The Balaban J connectivity index is 1.89. The summed E-state index contributed by atoms with van der Waals surface area (Å²) in [6.07, 6.45) is 2.08. The van der Waals surface area contributed by atoms with Gasteiger partial charge in [-0.1, -0.05) is 43.1 Å². The molecule has 1 aromatic heterocycles. The smallest absolute Gasteiger partial charge is 0.238 e. The lowest BCUT2D eigenvalue weighted by atomic mass is 10.1. The van der Waals surface area contributed by atoms with Crippen LogP contribution in [0.1, 0.15) is 30.7 Å². The van der Waals surface area contributed by atoms with Gasteiger partial charge in [-0.15, -0.1) is 11.3 Å². The highest BCUT2D eigenvalue weighted by Crippen LogP contribution is 2.23. The van der Waals surface area contributed by atoms with Crippen LogP contribution in [0.25, 0.3) is 0 Å². The zero-order valence-electron chi connectivity index (χ0n) is 11.9. The maximum Gasteiger partial charge on any atom is 0.238 e. The molecule has 1 heterocycles. The molecule has 112 valence electrons. The Kier molecular flexibility index (Phi) is 6.23. The first-order chi connectivity index (χ1) is 10.2. The average molecular weight is 323 g/mol. The summed E-state index contributed by atoms with van der Waals surface area (Å²) in [7, 11) is 0. The van der Waals surface area contributed by atoms with Crippen LogP contribution < -0.4 is 10.6 Å². The van der Waals surface area contributed by atoms with Crippen molar-refractivity contribution >= 4 is 34.5 Å². The fraction of sp³-hybridized carbons (Fsp3) is 0.312. The van der Waals surface area contributed by atoms with Crippen LogP contribution in [-0.4, -0.2) is 12.5 Å². The van der Waals surface area contributed by atoms with Gasteiger partial charge in [0.25, 0.3) is 0 Å². The number of halogens is 1. The first kappa shape index (κ1) is 16.0. The normalized spacial score (nSPS) is 12.1. The molecular formula is C16H19ClN2OS. The number of hydrogen-bond donors (Lipinski definition) is 2. The molecular weight excluding hydrogens is 304 g/mol. The zero-order valence-corrected chi connectivity index (χ0v) is 13.5. The Bertz CT molecular complexity index is 571. The van der Waals surface area contributed by atoms with Gasteiger partial charge in [0.1, 0.15) is 0 Å². The SMILES string of the molecule is CCCC(NCC(=O)Nc1ccccc1Cl)c1cccs1. The minimum atomic E-state index is -0.0826. The quantitative estimate of drug-likeness (QED) is 0.789. The summed E-state index contributed by atoms with van der Waals surface area (Å²) in [4.78, 5) is 13.3. The molecule has 2 aromatic rings. The molecule has 0 aliphatic rings. The van der Waals surface area contributed by atoms with Crippen LogP contribution in [0.15, 0.2) is 41.8 Å². The number of anilines is 1. The molecule has 5 heteroatoms. The number of thiophene rings is 1. The first-order valence-electron chi connectivity index (χ1n) is 7.02. The monoisotopic (exact) mass is 322 g/mol. The molecule has 1 atom stereocenters. The fourth-order valence-corrected chi connectivity index (χ4v) is 3.12. The van der Waals surface area contributed by atoms with E-state index in [-0.39, 0.29) is 18.5 Å². The van der Waals surface area contributed by atoms with Crippen LogP contribution in [0.4, 0.5) is 5.69 Å². The maximum atomic E-state index is 12.0. The molecule has 0 saturated carbocycles. The predicted molar refractivity (Wildman–Crippen MR) is 90.1 cm³/mol. The molecule has 0 aliphatic carbocycles. The molecule has 0 radical (unpaired) electrons. The van der Waals surface area contributed by atoms with E-state index < -0.39 is 0 Å². The van der Waals surface area contributed by atoms with Crippen molar-refractivity contribution in [3.05, 3.63) is 51.7 Å². The molecule has 1 aromatic carbocycles. The minimum Gasteiger partial charge on any atom is -0.324 e. The molecule has 3 nitrogen and oxygen atoms in total. The van der Waals surface area contributed by atoms with Gasteiger partial charge < -0.3 is 10.6 Å². The van der Waals surface area contributed by atoms with Crippen LogP contribution in [0.3, 0.4) is 0 Å². The van der Waals surface area contributed by atoms with Crippen LogP contribution in [0.2, 0.25) is 5.02 Å². The largest absolute Gasteiger partial charge is 0.324 e. The van der Waals surface area contributed by atoms with E-state index in [1.165, 1.54) is 4.88 Å². The number of benzene rings is 1. The number of rotatable bonds is 7. The Morgan fingerprint density at radius 1 is 1.29 bits per heavy atom. The highest BCUT2D eigenvalue weighted by atomic mass is 35.5. The minimum absolute atomic E-state index is 0.0826. The van der Waals surface area contributed by atoms with Gasteiger partial charge in [-0.2, -0.15) is 0 Å². The van der Waals surface area contributed by atoms with Crippen LogP contribution >= 0.6 is 22.9 Å². The summed E-state index contributed by atoms with van der Waals surface area (Å²) in [6.45, 7) is 2.42. The van der Waals surface area contributed by atoms with Crippen molar-refractivity contribution in [1.82, 2.24) is 5.32 Å². The van der Waals surface area contributed by atoms with Crippen molar-refractivity contribution in [3.8, 4) is 0 Å². The Morgan fingerprint density at radius 3 is 2.76 bits per heavy atom. The molecule has 1 unspecified atom stereocenters. The number of amides is 1. The Hall–Kier alpha value is -1.36. The lowest BCUT2D eigenvalue weighted by Crippen LogP contribution is -2.31. The number of hydrogen-bond acceptors (Lipinski definition) is 3. The first-order valence-corrected chi connectivity index (χ1v) is 8.27. The van der Waals surface area contributed by atoms with Crippen molar-refractivity contribution < 1.29 is 4.79 Å². The third kappa shape index (κ3) is 4.84. The summed E-state index contributed by atoms with van der Waals surface area (Å²) < 4.78 is 0. The third-order valence-corrected chi connectivity index (χ3v) is 4.44. The lowest BCUT2D eigenvalue weighted by molar-refractivity contribution is -0.115. The van der Waals surface area contributed by atoms with Gasteiger partial charge >= 0.3 is 0 Å². The topological polar surface area (TPSA) is 41.1 Å². The molecule has 21 heavy (non-hydrogen) atoms. The van der Waals surface area contributed by atoms with Crippen LogP contribution in [0.5, 0.6) is 0 Å². The van der Waals surface area contributed by atoms with Gasteiger partial charge in [0.2, 0.25) is 5.91 Å². The zero-order chi connectivity index (χ0) is 15.1. The van der Waals surface area contributed by atoms with E-state index in [1.807, 2.05) is 18.2 Å². The second-order valence-electron chi connectivity index (χ2n) is 4.77. The van der Waals surface area contributed by atoms with Gasteiger partial charge in [0, 0.05) is 10.9 Å². The van der Waals surface area contributed by atoms with Gasteiger partial charge in [0.05, 0.1) is 17.3 Å². The van der Waals surface area contributed by atoms with Gasteiger partial charge in [0.15, 0.2) is 0 Å². The molecule has 0 spiro atoms. The number of para-hydroxylation sites is 1. The van der Waals surface area contributed by atoms with Crippen molar-refractivity contribution in [3.63, 3.8) is 0 Å². The number of carbonyl (C=O) groups excluding carboxylic acids is 1. The summed E-state index contributed by atoms with van der Waals surface area (Å²) in [5, 5.41) is 8.75. The molecule has 0 aliphatic heterocycles. The predicted octanol–water partition coefficient (Wildman–Crippen LogP) is 4.47. The second kappa shape index (κ2) is 8.17. The Morgan fingerprint density at radius 2 is 2.10 bits per heavy atom.